The van der Waals surface area contributed by atoms with Crippen LogP contribution in [0.15, 0.2) is 24.5 Å². The number of halogens is 1. The average Bonchev–Trinajstić information content (AvgIpc) is 3.41. The first-order valence-corrected chi connectivity index (χ1v) is 10.7. The first-order chi connectivity index (χ1) is 16.3. The topological polar surface area (TPSA) is 126 Å². The zero-order chi connectivity index (χ0) is 24.8. The van der Waals surface area contributed by atoms with Crippen molar-refractivity contribution in [1.82, 2.24) is 24.6 Å². The highest BCUT2D eigenvalue weighted by Gasteiger charge is 2.27. The summed E-state index contributed by atoms with van der Waals surface area (Å²) in [6, 6.07) is 3.35. The first-order valence-electron chi connectivity index (χ1n) is 10.7. The first kappa shape index (κ1) is 24.8. The number of likely N-dealkylation sites (N-methyl/N-ethyl adjacent to an activating group) is 1. The molecule has 1 atom stereocenters. The van der Waals surface area contributed by atoms with E-state index in [1.54, 1.807) is 19.3 Å². The molecule has 2 aromatic heterocycles. The monoisotopic (exact) mass is 473 g/mol. The molecule has 1 aliphatic heterocycles. The Bertz CT molecular complexity index is 1170. The van der Waals surface area contributed by atoms with Crippen molar-refractivity contribution >= 4 is 34.9 Å². The lowest BCUT2D eigenvalue weighted by Gasteiger charge is -2.21. The van der Waals surface area contributed by atoms with Gasteiger partial charge in [-0.05, 0) is 39.6 Å². The Kier molecular flexibility index (Phi) is 7.95. The maximum atomic E-state index is 14.3. The van der Waals surface area contributed by atoms with Gasteiger partial charge in [-0.2, -0.15) is 10.1 Å². The van der Waals surface area contributed by atoms with E-state index < -0.39 is 11.7 Å². The lowest BCUT2D eigenvalue weighted by molar-refractivity contribution is -0.122. The molecule has 0 spiro atoms. The summed E-state index contributed by atoms with van der Waals surface area (Å²) < 4.78 is 21.5. The van der Waals surface area contributed by atoms with Crippen LogP contribution in [0.2, 0.25) is 0 Å². The number of rotatable bonds is 6. The van der Waals surface area contributed by atoms with Crippen molar-refractivity contribution in [2.45, 2.75) is 19.4 Å². The van der Waals surface area contributed by atoms with E-state index >= 15 is 0 Å². The Balaban J connectivity index is 0.00000103. The largest absolute Gasteiger partial charge is 0.483 e. The number of nitrogens with one attached hydrogen (secondary N) is 1. The quantitative estimate of drug-likeness (QED) is 0.517. The second kappa shape index (κ2) is 10.9. The van der Waals surface area contributed by atoms with Crippen molar-refractivity contribution in [2.24, 2.45) is 7.05 Å². The van der Waals surface area contributed by atoms with Gasteiger partial charge in [0.1, 0.15) is 11.1 Å². The molecule has 1 aliphatic rings. The van der Waals surface area contributed by atoms with Crippen molar-refractivity contribution in [3.8, 4) is 5.88 Å². The van der Waals surface area contributed by atoms with Gasteiger partial charge in [0, 0.05) is 49.6 Å². The third kappa shape index (κ3) is 5.57. The number of carbonyl (C=O) groups excluding carboxylic acids is 1. The summed E-state index contributed by atoms with van der Waals surface area (Å²) in [6.45, 7) is 3.58. The second-order valence-corrected chi connectivity index (χ2v) is 7.93. The van der Waals surface area contributed by atoms with Gasteiger partial charge in [-0.3, -0.25) is 14.3 Å². The van der Waals surface area contributed by atoms with Crippen LogP contribution in [0.3, 0.4) is 0 Å². The molecule has 1 saturated heterocycles. The summed E-state index contributed by atoms with van der Waals surface area (Å²) >= 11 is 0. The van der Waals surface area contributed by atoms with Gasteiger partial charge in [-0.1, -0.05) is 0 Å². The fourth-order valence-electron chi connectivity index (χ4n) is 3.74. The van der Waals surface area contributed by atoms with Gasteiger partial charge in [-0.15, -0.1) is 0 Å². The second-order valence-electron chi connectivity index (χ2n) is 7.93. The summed E-state index contributed by atoms with van der Waals surface area (Å²) in [5, 5.41) is 14.3. The number of ether oxygens (including phenoxy) is 1. The fraction of sp³-hybridized carbons (Fsp3) is 0.409. The van der Waals surface area contributed by atoms with Gasteiger partial charge in [0.25, 0.3) is 12.4 Å². The molecule has 34 heavy (non-hydrogen) atoms. The summed E-state index contributed by atoms with van der Waals surface area (Å²) in [5.41, 5.74) is 0.772. The van der Waals surface area contributed by atoms with Gasteiger partial charge in [0.05, 0.1) is 6.61 Å². The summed E-state index contributed by atoms with van der Waals surface area (Å²) in [5.74, 6) is -0.229. The molecule has 1 fully saturated rings. The standard InChI is InChI=1S/C21H26FN7O2.CH2O2/c1-5-31-20-16(10-23-21(25-20)29-7-6-15(12-29)27(2)3)19(30)24-14-8-13-11-28(4)26-18(13)17(22)9-14;2-1-3/h8-11,15H,5-7,12H2,1-4H3,(H,24,30);1H,(H,2,3)/t15-;/m1./s1. The molecular weight excluding hydrogens is 445 g/mol. The van der Waals surface area contributed by atoms with Crippen LogP contribution in [0.5, 0.6) is 5.88 Å². The molecule has 1 aromatic carbocycles. The normalized spacial score (nSPS) is 15.2. The molecule has 0 bridgehead atoms. The van der Waals surface area contributed by atoms with Crippen LogP contribution < -0.4 is 15.0 Å². The maximum Gasteiger partial charge on any atom is 0.290 e. The molecule has 1 amide bonds. The molecule has 11 nitrogen and oxygen atoms in total. The Labute approximate surface area is 196 Å². The van der Waals surface area contributed by atoms with Crippen LogP contribution in [0.4, 0.5) is 16.0 Å². The van der Waals surface area contributed by atoms with Gasteiger partial charge in [0.2, 0.25) is 11.8 Å². The minimum atomic E-state index is -0.505. The number of amides is 1. The van der Waals surface area contributed by atoms with Crippen LogP contribution in [0.1, 0.15) is 23.7 Å². The maximum absolute atomic E-state index is 14.3. The highest BCUT2D eigenvalue weighted by atomic mass is 19.1. The molecule has 0 radical (unpaired) electrons. The number of benzene rings is 1. The molecule has 0 saturated carbocycles. The number of aromatic nitrogens is 4. The Morgan fingerprint density at radius 3 is 2.79 bits per heavy atom. The molecule has 4 rings (SSSR count). The molecule has 0 unspecified atom stereocenters. The number of hydrogen-bond acceptors (Lipinski definition) is 8. The number of fused-ring (bicyclic) bond motifs is 1. The van der Waals surface area contributed by atoms with Gasteiger partial charge < -0.3 is 25.0 Å². The van der Waals surface area contributed by atoms with Crippen LogP contribution in [-0.4, -0.2) is 82.0 Å². The number of aryl methyl sites for hydroxylation is 1. The predicted molar refractivity (Wildman–Crippen MR) is 125 cm³/mol. The lowest BCUT2D eigenvalue weighted by atomic mass is 10.2. The Morgan fingerprint density at radius 2 is 2.15 bits per heavy atom. The van der Waals surface area contributed by atoms with E-state index in [1.807, 2.05) is 6.92 Å². The van der Waals surface area contributed by atoms with Crippen molar-refractivity contribution in [3.63, 3.8) is 0 Å². The average molecular weight is 474 g/mol. The van der Waals surface area contributed by atoms with E-state index in [2.05, 4.69) is 44.3 Å². The third-order valence-corrected chi connectivity index (χ3v) is 5.38. The van der Waals surface area contributed by atoms with E-state index in [4.69, 9.17) is 14.6 Å². The molecular formula is C22H28FN7O4. The highest BCUT2D eigenvalue weighted by molar-refractivity contribution is 6.06. The molecule has 2 N–H and O–H groups in total. The van der Waals surface area contributed by atoms with Crippen molar-refractivity contribution < 1.29 is 23.8 Å². The van der Waals surface area contributed by atoms with Gasteiger partial charge >= 0.3 is 0 Å². The SMILES string of the molecule is CCOc1nc(N2CC[C@@H](N(C)C)C2)ncc1C(=O)Nc1cc(F)c2nn(C)cc2c1.O=CO. The van der Waals surface area contributed by atoms with Crippen LogP contribution in [-0.2, 0) is 11.8 Å². The van der Waals surface area contributed by atoms with Crippen molar-refractivity contribution in [2.75, 3.05) is 44.0 Å². The molecule has 3 aromatic rings. The zero-order valence-electron chi connectivity index (χ0n) is 19.5. The third-order valence-electron chi connectivity index (χ3n) is 5.38. The summed E-state index contributed by atoms with van der Waals surface area (Å²) in [7, 11) is 5.83. The van der Waals surface area contributed by atoms with Crippen molar-refractivity contribution in [1.29, 1.82) is 0 Å². The highest BCUT2D eigenvalue weighted by Crippen LogP contribution is 2.25. The zero-order valence-corrected chi connectivity index (χ0v) is 19.5. The van der Waals surface area contributed by atoms with E-state index in [1.165, 1.54) is 16.9 Å². The smallest absolute Gasteiger partial charge is 0.290 e. The van der Waals surface area contributed by atoms with E-state index in [9.17, 15) is 9.18 Å². The molecule has 0 aliphatic carbocycles. The van der Waals surface area contributed by atoms with Crippen LogP contribution in [0.25, 0.3) is 10.9 Å². The predicted octanol–water partition coefficient (Wildman–Crippen LogP) is 1.99. The van der Waals surface area contributed by atoms with Gasteiger partial charge in [0.15, 0.2) is 5.82 Å². The number of carboxylic acid groups (broad SMARTS) is 1. The molecule has 12 heteroatoms. The van der Waals surface area contributed by atoms with Crippen molar-refractivity contribution in [3.05, 3.63) is 35.9 Å². The Morgan fingerprint density at radius 1 is 1.41 bits per heavy atom. The van der Waals surface area contributed by atoms with Crippen LogP contribution in [0, 0.1) is 5.82 Å². The molecule has 182 valence electrons. The van der Waals surface area contributed by atoms with Gasteiger partial charge in [-0.25, -0.2) is 9.37 Å². The summed E-state index contributed by atoms with van der Waals surface area (Å²) in [4.78, 5) is 34.4. The fourth-order valence-corrected chi connectivity index (χ4v) is 3.74. The Hall–Kier alpha value is -3.80. The summed E-state index contributed by atoms with van der Waals surface area (Å²) in [6.07, 6.45) is 4.17. The molecule has 3 heterocycles. The lowest BCUT2D eigenvalue weighted by Crippen LogP contribution is -2.32. The van der Waals surface area contributed by atoms with E-state index in [0.29, 0.717) is 29.7 Å². The van der Waals surface area contributed by atoms with Crippen LogP contribution >= 0.6 is 0 Å². The number of hydrogen-bond donors (Lipinski definition) is 2. The number of nitrogens with zero attached hydrogens (tertiary/aromatic N) is 6. The van der Waals surface area contributed by atoms with E-state index in [-0.39, 0.29) is 23.4 Å². The minimum absolute atomic E-state index is 0.195. The number of carbonyl (C=O) groups is 2. The van der Waals surface area contributed by atoms with E-state index in [0.717, 1.165) is 19.5 Å². The number of anilines is 2. The minimum Gasteiger partial charge on any atom is -0.483 e.